The second-order valence-corrected chi connectivity index (χ2v) is 6.40. The standard InChI is InChI=1S/C19H23FN2O/c1-14(23)15-6-10-22(11-7-15)13-18-3-2-17(12-19(18)20)16-4-8-21-9-5-16/h2-5,8-9,12,14-15,23H,6-7,10-11,13H2,1H3. The summed E-state index contributed by atoms with van der Waals surface area (Å²) >= 11 is 0. The largest absolute Gasteiger partial charge is 0.393 e. The molecule has 1 atom stereocenters. The van der Waals surface area contributed by atoms with Crippen molar-refractivity contribution in [3.63, 3.8) is 0 Å². The van der Waals surface area contributed by atoms with Crippen LogP contribution in [0.15, 0.2) is 42.7 Å². The van der Waals surface area contributed by atoms with Gasteiger partial charge in [-0.05, 0) is 68.1 Å². The number of aliphatic hydroxyl groups excluding tert-OH is 1. The van der Waals surface area contributed by atoms with E-state index in [9.17, 15) is 9.50 Å². The summed E-state index contributed by atoms with van der Waals surface area (Å²) in [5, 5.41) is 9.65. The van der Waals surface area contributed by atoms with Gasteiger partial charge in [-0.2, -0.15) is 0 Å². The van der Waals surface area contributed by atoms with Gasteiger partial charge in [0.2, 0.25) is 0 Å². The molecule has 4 heteroatoms. The van der Waals surface area contributed by atoms with Gasteiger partial charge in [-0.25, -0.2) is 4.39 Å². The second-order valence-electron chi connectivity index (χ2n) is 6.40. The minimum absolute atomic E-state index is 0.156. The van der Waals surface area contributed by atoms with Crippen molar-refractivity contribution in [1.29, 1.82) is 0 Å². The first-order valence-electron chi connectivity index (χ1n) is 8.23. The fraction of sp³-hybridized carbons (Fsp3) is 0.421. The molecule has 0 amide bonds. The third-order valence-electron chi connectivity index (χ3n) is 4.78. The van der Waals surface area contributed by atoms with Gasteiger partial charge in [0.05, 0.1) is 6.10 Å². The van der Waals surface area contributed by atoms with Crippen LogP contribution in [-0.2, 0) is 6.54 Å². The lowest BCUT2D eigenvalue weighted by Gasteiger charge is -2.33. The SMILES string of the molecule is CC(O)C1CCN(Cc2ccc(-c3ccncc3)cc2F)CC1. The van der Waals surface area contributed by atoms with Gasteiger partial charge in [0.15, 0.2) is 0 Å². The van der Waals surface area contributed by atoms with Crippen LogP contribution >= 0.6 is 0 Å². The van der Waals surface area contributed by atoms with E-state index in [0.717, 1.165) is 42.6 Å². The predicted octanol–water partition coefficient (Wildman–Crippen LogP) is 3.48. The molecule has 2 heterocycles. The van der Waals surface area contributed by atoms with Crippen molar-refractivity contribution in [2.45, 2.75) is 32.4 Å². The molecule has 23 heavy (non-hydrogen) atoms. The molecule has 2 aromatic rings. The Labute approximate surface area is 136 Å². The molecule has 3 rings (SSSR count). The zero-order valence-electron chi connectivity index (χ0n) is 13.5. The molecule has 1 aliphatic heterocycles. The Morgan fingerprint density at radius 2 is 1.87 bits per heavy atom. The lowest BCUT2D eigenvalue weighted by molar-refractivity contribution is 0.0692. The number of aliphatic hydroxyl groups is 1. The van der Waals surface area contributed by atoms with Crippen molar-refractivity contribution in [2.24, 2.45) is 5.92 Å². The highest BCUT2D eigenvalue weighted by atomic mass is 19.1. The van der Waals surface area contributed by atoms with E-state index >= 15 is 0 Å². The second kappa shape index (κ2) is 7.20. The molecule has 0 bridgehead atoms. The summed E-state index contributed by atoms with van der Waals surface area (Å²) < 4.78 is 14.4. The van der Waals surface area contributed by atoms with Crippen LogP contribution in [0.4, 0.5) is 4.39 Å². The van der Waals surface area contributed by atoms with E-state index in [4.69, 9.17) is 0 Å². The number of pyridine rings is 1. The van der Waals surface area contributed by atoms with Crippen molar-refractivity contribution < 1.29 is 9.50 Å². The normalized spacial score (nSPS) is 18.0. The van der Waals surface area contributed by atoms with Crippen molar-refractivity contribution in [1.82, 2.24) is 9.88 Å². The van der Waals surface area contributed by atoms with Crippen LogP contribution in [0.25, 0.3) is 11.1 Å². The molecule has 3 nitrogen and oxygen atoms in total. The molecule has 0 saturated carbocycles. The van der Waals surface area contributed by atoms with Crippen molar-refractivity contribution in [3.05, 3.63) is 54.1 Å². The Balaban J connectivity index is 1.66. The number of nitrogens with zero attached hydrogens (tertiary/aromatic N) is 2. The Hall–Kier alpha value is -1.78. The van der Waals surface area contributed by atoms with E-state index in [1.807, 2.05) is 31.2 Å². The first-order valence-corrected chi connectivity index (χ1v) is 8.23. The number of halogens is 1. The highest BCUT2D eigenvalue weighted by Gasteiger charge is 2.23. The average molecular weight is 314 g/mol. The van der Waals surface area contributed by atoms with E-state index in [1.54, 1.807) is 18.5 Å². The first kappa shape index (κ1) is 16.1. The molecule has 1 fully saturated rings. The van der Waals surface area contributed by atoms with E-state index in [2.05, 4.69) is 9.88 Å². The maximum Gasteiger partial charge on any atom is 0.128 e. The van der Waals surface area contributed by atoms with E-state index in [-0.39, 0.29) is 11.9 Å². The molecule has 122 valence electrons. The molecule has 0 radical (unpaired) electrons. The number of hydrogen-bond donors (Lipinski definition) is 1. The summed E-state index contributed by atoms with van der Waals surface area (Å²) in [5.41, 5.74) is 2.59. The topological polar surface area (TPSA) is 36.4 Å². The summed E-state index contributed by atoms with van der Waals surface area (Å²) in [4.78, 5) is 6.26. The fourth-order valence-electron chi connectivity index (χ4n) is 3.23. The van der Waals surface area contributed by atoms with Gasteiger partial charge < -0.3 is 5.11 Å². The molecule has 1 aromatic carbocycles. The Bertz CT molecular complexity index is 637. The lowest BCUT2D eigenvalue weighted by Crippen LogP contribution is -2.36. The molecular formula is C19H23FN2O. The van der Waals surface area contributed by atoms with E-state index in [0.29, 0.717) is 12.5 Å². The Morgan fingerprint density at radius 3 is 2.48 bits per heavy atom. The van der Waals surface area contributed by atoms with Crippen LogP contribution in [-0.4, -0.2) is 34.2 Å². The number of benzene rings is 1. The number of likely N-dealkylation sites (tertiary alicyclic amines) is 1. The zero-order valence-corrected chi connectivity index (χ0v) is 13.5. The van der Waals surface area contributed by atoms with E-state index < -0.39 is 0 Å². The van der Waals surface area contributed by atoms with Gasteiger partial charge in [0.1, 0.15) is 5.82 Å². The van der Waals surface area contributed by atoms with Crippen LogP contribution in [0.1, 0.15) is 25.3 Å². The zero-order chi connectivity index (χ0) is 16.2. The molecule has 1 aliphatic rings. The molecule has 0 aliphatic carbocycles. The average Bonchev–Trinajstić information content (AvgIpc) is 2.58. The molecule has 0 spiro atoms. The Kier molecular flexibility index (Phi) is 5.03. The van der Waals surface area contributed by atoms with Gasteiger partial charge >= 0.3 is 0 Å². The van der Waals surface area contributed by atoms with Gasteiger partial charge in [-0.15, -0.1) is 0 Å². The van der Waals surface area contributed by atoms with Crippen molar-refractivity contribution >= 4 is 0 Å². The fourth-order valence-corrected chi connectivity index (χ4v) is 3.23. The first-order chi connectivity index (χ1) is 11.1. The number of aromatic nitrogens is 1. The molecule has 1 unspecified atom stereocenters. The van der Waals surface area contributed by atoms with Crippen LogP contribution in [0.5, 0.6) is 0 Å². The van der Waals surface area contributed by atoms with Crippen molar-refractivity contribution in [3.8, 4) is 11.1 Å². The quantitative estimate of drug-likeness (QED) is 0.938. The van der Waals surface area contributed by atoms with Gasteiger partial charge in [-0.3, -0.25) is 9.88 Å². The number of rotatable bonds is 4. The van der Waals surface area contributed by atoms with Crippen LogP contribution in [0.3, 0.4) is 0 Å². The van der Waals surface area contributed by atoms with Crippen LogP contribution < -0.4 is 0 Å². The Morgan fingerprint density at radius 1 is 1.17 bits per heavy atom. The van der Waals surface area contributed by atoms with Gasteiger partial charge in [-0.1, -0.05) is 12.1 Å². The van der Waals surface area contributed by atoms with Crippen LogP contribution in [0.2, 0.25) is 0 Å². The maximum atomic E-state index is 14.4. The summed E-state index contributed by atoms with van der Waals surface area (Å²) in [6, 6.07) is 9.22. The van der Waals surface area contributed by atoms with Gasteiger partial charge in [0, 0.05) is 24.5 Å². The number of piperidine rings is 1. The third-order valence-corrected chi connectivity index (χ3v) is 4.78. The van der Waals surface area contributed by atoms with Crippen molar-refractivity contribution in [2.75, 3.05) is 13.1 Å². The smallest absolute Gasteiger partial charge is 0.128 e. The highest BCUT2D eigenvalue weighted by Crippen LogP contribution is 2.25. The summed E-state index contributed by atoms with van der Waals surface area (Å²) in [5.74, 6) is 0.224. The summed E-state index contributed by atoms with van der Waals surface area (Å²) in [6.45, 7) is 4.33. The lowest BCUT2D eigenvalue weighted by atomic mass is 9.92. The third kappa shape index (κ3) is 3.95. The predicted molar refractivity (Wildman–Crippen MR) is 89.3 cm³/mol. The molecule has 1 saturated heterocycles. The molecule has 1 aromatic heterocycles. The van der Waals surface area contributed by atoms with Gasteiger partial charge in [0.25, 0.3) is 0 Å². The van der Waals surface area contributed by atoms with E-state index in [1.165, 1.54) is 0 Å². The summed E-state index contributed by atoms with van der Waals surface area (Å²) in [7, 11) is 0. The summed E-state index contributed by atoms with van der Waals surface area (Å²) in [6.07, 6.45) is 5.15. The minimum Gasteiger partial charge on any atom is -0.393 e. The highest BCUT2D eigenvalue weighted by molar-refractivity contribution is 5.63. The van der Waals surface area contributed by atoms with Crippen LogP contribution in [0, 0.1) is 11.7 Å². The molecular weight excluding hydrogens is 291 g/mol. The monoisotopic (exact) mass is 314 g/mol. The number of hydrogen-bond acceptors (Lipinski definition) is 3. The molecule has 1 N–H and O–H groups in total. The maximum absolute atomic E-state index is 14.4. The minimum atomic E-state index is -0.242.